The number of carbonyl (C=O) groups excluding carboxylic acids is 2. The maximum absolute atomic E-state index is 12.8. The molecule has 0 aliphatic carbocycles. The van der Waals surface area contributed by atoms with Crippen molar-refractivity contribution in [1.29, 1.82) is 0 Å². The fourth-order valence-electron chi connectivity index (χ4n) is 4.05. The summed E-state index contributed by atoms with van der Waals surface area (Å²) in [6, 6.07) is 1.85. The maximum Gasteiger partial charge on any atom is 0.349 e. The molecule has 1 aliphatic heterocycles. The average molecular weight is 425 g/mol. The third kappa shape index (κ3) is 3.17. The topological polar surface area (TPSA) is 78.3 Å². The Hall–Kier alpha value is -2.80. The average Bonchev–Trinajstić information content (AvgIpc) is 3.32. The fraction of sp³-hybridized carbons (Fsp3) is 0.391. The molecule has 0 unspecified atom stereocenters. The number of ether oxygens (including phenoxy) is 1. The van der Waals surface area contributed by atoms with Gasteiger partial charge in [0, 0.05) is 18.5 Å². The third-order valence-electron chi connectivity index (χ3n) is 6.21. The molecule has 0 spiro atoms. The van der Waals surface area contributed by atoms with Crippen LogP contribution in [0.2, 0.25) is 0 Å². The Balaban J connectivity index is 1.59. The number of nitrogens with zero attached hydrogens (tertiary/aromatic N) is 2. The summed E-state index contributed by atoms with van der Waals surface area (Å²) in [5, 5.41) is 0.476. The second-order valence-electron chi connectivity index (χ2n) is 7.94. The van der Waals surface area contributed by atoms with E-state index in [0.29, 0.717) is 32.8 Å². The lowest BCUT2D eigenvalue weighted by molar-refractivity contribution is 0.0479. The quantitative estimate of drug-likeness (QED) is 0.467. The second kappa shape index (κ2) is 7.47. The van der Waals surface area contributed by atoms with E-state index in [0.717, 1.165) is 52.3 Å². The van der Waals surface area contributed by atoms with Gasteiger partial charge in [-0.15, -0.1) is 11.3 Å². The van der Waals surface area contributed by atoms with E-state index in [2.05, 4.69) is 4.98 Å². The smallest absolute Gasteiger partial charge is 0.349 e. The standard InChI is InChI=1S/C23H24N2O4S/c1-11-9-16(14(4)13(3)12(11)2)17(26)10-29-23(28)20-15(5)19-21(30-20)24-18-7-6-8-25(18)22(19)27/h9H,6-8,10H2,1-5H3. The van der Waals surface area contributed by atoms with E-state index in [1.54, 1.807) is 11.5 Å². The van der Waals surface area contributed by atoms with E-state index in [-0.39, 0.29) is 17.9 Å². The van der Waals surface area contributed by atoms with Gasteiger partial charge in [-0.25, -0.2) is 9.78 Å². The molecule has 0 saturated heterocycles. The molecule has 0 radical (unpaired) electrons. The largest absolute Gasteiger partial charge is 0.453 e. The first-order valence-corrected chi connectivity index (χ1v) is 10.8. The molecule has 6 nitrogen and oxygen atoms in total. The summed E-state index contributed by atoms with van der Waals surface area (Å²) in [4.78, 5) is 43.7. The lowest BCUT2D eigenvalue weighted by atomic mass is 9.93. The van der Waals surface area contributed by atoms with Gasteiger partial charge >= 0.3 is 5.97 Å². The first-order valence-electron chi connectivity index (χ1n) is 10.0. The Morgan fingerprint density at radius 1 is 1.10 bits per heavy atom. The molecule has 0 bridgehead atoms. The van der Waals surface area contributed by atoms with Gasteiger partial charge in [0.05, 0.1) is 5.39 Å². The molecule has 7 heteroatoms. The molecule has 30 heavy (non-hydrogen) atoms. The van der Waals surface area contributed by atoms with E-state index in [4.69, 9.17) is 4.74 Å². The molecule has 156 valence electrons. The van der Waals surface area contributed by atoms with Crippen LogP contribution >= 0.6 is 11.3 Å². The maximum atomic E-state index is 12.8. The Morgan fingerprint density at radius 2 is 1.83 bits per heavy atom. The van der Waals surface area contributed by atoms with Gasteiger partial charge in [0.15, 0.2) is 6.61 Å². The van der Waals surface area contributed by atoms with E-state index in [1.807, 2.05) is 33.8 Å². The van der Waals surface area contributed by atoms with Crippen molar-refractivity contribution in [2.75, 3.05) is 6.61 Å². The SMILES string of the molecule is Cc1cc(C(=O)COC(=O)c2sc3nc4n(c(=O)c3c2C)CCC4)c(C)c(C)c1C. The Labute approximate surface area is 178 Å². The summed E-state index contributed by atoms with van der Waals surface area (Å²) in [6.07, 6.45) is 1.68. The second-order valence-corrected chi connectivity index (χ2v) is 8.94. The summed E-state index contributed by atoms with van der Waals surface area (Å²) in [5.74, 6) is -0.0564. The predicted octanol–water partition coefficient (Wildman–Crippen LogP) is 3.99. The van der Waals surface area contributed by atoms with Crippen molar-refractivity contribution < 1.29 is 14.3 Å². The van der Waals surface area contributed by atoms with E-state index < -0.39 is 5.97 Å². The number of fused-ring (bicyclic) bond motifs is 2. The van der Waals surface area contributed by atoms with Gasteiger partial charge in [0.1, 0.15) is 15.5 Å². The van der Waals surface area contributed by atoms with Crippen molar-refractivity contribution in [3.8, 4) is 0 Å². The van der Waals surface area contributed by atoms with Crippen molar-refractivity contribution in [2.24, 2.45) is 0 Å². The summed E-state index contributed by atoms with van der Waals surface area (Å²) >= 11 is 1.16. The Bertz CT molecular complexity index is 1280. The van der Waals surface area contributed by atoms with Gasteiger partial charge in [-0.05, 0) is 74.9 Å². The van der Waals surface area contributed by atoms with E-state index in [9.17, 15) is 14.4 Å². The van der Waals surface area contributed by atoms with Gasteiger partial charge < -0.3 is 4.74 Å². The van der Waals surface area contributed by atoms with Crippen LogP contribution < -0.4 is 5.56 Å². The number of hydrogen-bond acceptors (Lipinski definition) is 6. The zero-order valence-corrected chi connectivity index (χ0v) is 18.7. The molecular weight excluding hydrogens is 400 g/mol. The number of rotatable bonds is 4. The number of carbonyl (C=O) groups is 2. The first-order chi connectivity index (χ1) is 14.2. The zero-order valence-electron chi connectivity index (χ0n) is 17.8. The number of aryl methyl sites for hydroxylation is 3. The molecule has 4 rings (SSSR count). The minimum absolute atomic E-state index is 0.0994. The first kappa shape index (κ1) is 20.5. The van der Waals surface area contributed by atoms with Gasteiger partial charge in [0.25, 0.3) is 5.56 Å². The highest BCUT2D eigenvalue weighted by molar-refractivity contribution is 7.20. The summed E-state index contributed by atoms with van der Waals surface area (Å²) < 4.78 is 7.03. The number of aromatic nitrogens is 2. The van der Waals surface area contributed by atoms with Crippen LogP contribution in [0.15, 0.2) is 10.9 Å². The lowest BCUT2D eigenvalue weighted by Gasteiger charge is -2.13. The van der Waals surface area contributed by atoms with Crippen LogP contribution in [-0.4, -0.2) is 27.9 Å². The van der Waals surface area contributed by atoms with Crippen LogP contribution in [0.4, 0.5) is 0 Å². The number of hydrogen-bond donors (Lipinski definition) is 0. The number of Topliss-reactive ketones (excluding diaryl/α,β-unsaturated/α-hetero) is 1. The van der Waals surface area contributed by atoms with Crippen LogP contribution in [0.3, 0.4) is 0 Å². The molecule has 0 N–H and O–H groups in total. The molecule has 3 aromatic rings. The molecule has 1 aliphatic rings. The van der Waals surface area contributed by atoms with Gasteiger partial charge in [0.2, 0.25) is 5.78 Å². The normalized spacial score (nSPS) is 13.0. The summed E-state index contributed by atoms with van der Waals surface area (Å²) in [5.41, 5.74) is 5.23. The summed E-state index contributed by atoms with van der Waals surface area (Å²) in [6.45, 7) is 9.96. The minimum atomic E-state index is -0.591. The Kier molecular flexibility index (Phi) is 5.10. The fourth-order valence-corrected chi connectivity index (χ4v) is 5.13. The van der Waals surface area contributed by atoms with Crippen LogP contribution in [0.1, 0.15) is 60.1 Å². The highest BCUT2D eigenvalue weighted by Gasteiger charge is 2.25. The number of benzene rings is 1. The number of ketones is 1. The molecule has 3 heterocycles. The zero-order chi connectivity index (χ0) is 21.7. The van der Waals surface area contributed by atoms with Gasteiger partial charge in [-0.2, -0.15) is 0 Å². The molecule has 1 aromatic carbocycles. The van der Waals surface area contributed by atoms with Crippen molar-refractivity contribution in [3.63, 3.8) is 0 Å². The third-order valence-corrected chi connectivity index (χ3v) is 7.38. The van der Waals surface area contributed by atoms with Crippen LogP contribution in [0.25, 0.3) is 10.2 Å². The monoisotopic (exact) mass is 424 g/mol. The molecular formula is C23H24N2O4S. The Morgan fingerprint density at radius 3 is 2.57 bits per heavy atom. The molecule has 0 saturated carbocycles. The summed E-state index contributed by atoms with van der Waals surface area (Å²) in [7, 11) is 0. The highest BCUT2D eigenvalue weighted by Crippen LogP contribution is 2.29. The van der Waals surface area contributed by atoms with Crippen molar-refractivity contribution in [1.82, 2.24) is 9.55 Å². The van der Waals surface area contributed by atoms with E-state index >= 15 is 0 Å². The van der Waals surface area contributed by atoms with Gasteiger partial charge in [-0.3, -0.25) is 14.2 Å². The highest BCUT2D eigenvalue weighted by atomic mass is 32.1. The van der Waals surface area contributed by atoms with Crippen molar-refractivity contribution in [2.45, 2.75) is 54.0 Å². The van der Waals surface area contributed by atoms with Crippen LogP contribution in [0, 0.1) is 34.6 Å². The predicted molar refractivity (Wildman–Crippen MR) is 117 cm³/mol. The number of thiophene rings is 1. The molecule has 2 aromatic heterocycles. The lowest BCUT2D eigenvalue weighted by Crippen LogP contribution is -2.20. The minimum Gasteiger partial charge on any atom is -0.453 e. The van der Waals surface area contributed by atoms with Crippen LogP contribution in [-0.2, 0) is 17.7 Å². The van der Waals surface area contributed by atoms with Gasteiger partial charge in [-0.1, -0.05) is 0 Å². The van der Waals surface area contributed by atoms with Crippen LogP contribution in [0.5, 0.6) is 0 Å². The van der Waals surface area contributed by atoms with Crippen molar-refractivity contribution in [3.05, 3.63) is 60.5 Å². The molecule has 0 amide bonds. The van der Waals surface area contributed by atoms with Crippen molar-refractivity contribution >= 4 is 33.3 Å². The van der Waals surface area contributed by atoms with E-state index in [1.165, 1.54) is 0 Å². The molecule has 0 fully saturated rings. The number of esters is 1. The molecule has 0 atom stereocenters.